The van der Waals surface area contributed by atoms with E-state index in [0.717, 1.165) is 44.4 Å². The summed E-state index contributed by atoms with van der Waals surface area (Å²) >= 11 is 0. The van der Waals surface area contributed by atoms with Gasteiger partial charge in [-0.15, -0.1) is 13.2 Å². The van der Waals surface area contributed by atoms with Gasteiger partial charge in [-0.1, -0.05) is 293 Å². The van der Waals surface area contributed by atoms with Gasteiger partial charge in [-0.25, -0.2) is 0 Å². The molecule has 0 amide bonds. The number of fused-ring (bicyclic) bond motifs is 1. The average Bonchev–Trinajstić information content (AvgIpc) is 3.39. The zero-order valence-corrected chi connectivity index (χ0v) is 47.7. The molecule has 0 spiro atoms. The van der Waals surface area contributed by atoms with Crippen LogP contribution in [0.3, 0.4) is 0 Å². The first-order valence-electron chi connectivity index (χ1n) is 25.7. The third-order valence-electron chi connectivity index (χ3n) is 8.19. The van der Waals surface area contributed by atoms with E-state index in [9.17, 15) is 0 Å². The highest BCUT2D eigenvalue weighted by Crippen LogP contribution is 2.30. The minimum Gasteiger partial charge on any atom is -0.106 e. The summed E-state index contributed by atoms with van der Waals surface area (Å²) in [6.45, 7) is 59.4. The first kappa shape index (κ1) is 76.8. The molecule has 0 N–H and O–H groups in total. The maximum absolute atomic E-state index is 3.80. The van der Waals surface area contributed by atoms with Crippen LogP contribution in [0.15, 0.2) is 226 Å². The van der Waals surface area contributed by atoms with Crippen LogP contribution in [0.5, 0.6) is 0 Å². The van der Waals surface area contributed by atoms with E-state index in [0.29, 0.717) is 0 Å². The third kappa shape index (κ3) is 53.2. The Bertz CT molecular complexity index is 1780. The second kappa shape index (κ2) is 65.8. The van der Waals surface area contributed by atoms with Crippen LogP contribution in [-0.4, -0.2) is 0 Å². The maximum atomic E-state index is 3.80. The highest BCUT2D eigenvalue weighted by atomic mass is 14.1. The molecular formula is C68H108. The van der Waals surface area contributed by atoms with E-state index in [1.54, 1.807) is 18.2 Å². The number of allylic oxidation sites excluding steroid dienone is 19. The van der Waals surface area contributed by atoms with Crippen molar-refractivity contribution >= 4 is 16.3 Å². The SMILES string of the molecule is C/C=C(\C1=CC=CCC1)c1ccc2ccccc2c1.C=C.C=C/C(=C\C=C/C)CC/C(C)=C/C.C=C/C=C(\C=C)CC.C=CC=C.CC.CC.CC(C)C.CCC.CCC.CCc1ccccc1. The lowest BCUT2D eigenvalue weighted by molar-refractivity contribution is 0.737. The fourth-order valence-corrected chi connectivity index (χ4v) is 4.88. The van der Waals surface area contributed by atoms with Gasteiger partial charge in [-0.05, 0) is 122 Å². The minimum absolute atomic E-state index is 0.833. The predicted molar refractivity (Wildman–Crippen MR) is 327 cm³/mol. The molecule has 0 unspecified atom stereocenters. The number of benzene rings is 3. The molecule has 0 fully saturated rings. The Labute approximate surface area is 426 Å². The first-order chi connectivity index (χ1) is 32.9. The minimum atomic E-state index is 0.833. The van der Waals surface area contributed by atoms with Crippen molar-refractivity contribution in [3.63, 3.8) is 0 Å². The smallest absolute Gasteiger partial charge is 0.0178 e. The summed E-state index contributed by atoms with van der Waals surface area (Å²) < 4.78 is 0. The number of hydrogen-bond donors (Lipinski definition) is 0. The largest absolute Gasteiger partial charge is 0.106 e. The van der Waals surface area contributed by atoms with Crippen molar-refractivity contribution in [1.29, 1.82) is 0 Å². The fraction of sp³-hybridized carbons (Fsp3) is 0.382. The zero-order valence-electron chi connectivity index (χ0n) is 47.7. The van der Waals surface area contributed by atoms with Gasteiger partial charge in [0.15, 0.2) is 0 Å². The van der Waals surface area contributed by atoms with Crippen LogP contribution in [0.2, 0.25) is 0 Å². The summed E-state index contributed by atoms with van der Waals surface area (Å²) in [7, 11) is 0. The van der Waals surface area contributed by atoms with E-state index in [1.165, 1.54) is 62.6 Å². The Morgan fingerprint density at radius 3 is 1.47 bits per heavy atom. The third-order valence-corrected chi connectivity index (χ3v) is 8.19. The van der Waals surface area contributed by atoms with Crippen LogP contribution in [0.25, 0.3) is 16.3 Å². The van der Waals surface area contributed by atoms with E-state index in [1.807, 2.05) is 65.0 Å². The van der Waals surface area contributed by atoms with Crippen molar-refractivity contribution < 1.29 is 0 Å². The lowest BCUT2D eigenvalue weighted by atomic mass is 9.91. The molecule has 4 rings (SSSR count). The molecule has 0 atom stereocenters. The Kier molecular flexibility index (Phi) is 74.3. The summed E-state index contributed by atoms with van der Waals surface area (Å²) in [6, 6.07) is 25.7. The standard InChI is InChI=1S/C19H18.C13H20.C8H10.C8H12.C4H10.C4H6.2C3H8.2C2H6.C2H4/c1-2-19(16-9-4-3-5-10-16)18-13-12-15-8-6-7-11-17(15)14-18;1-5-8-9-13(7-3)11-10-12(4)6-2;1-2-8-6-4-3-5-7-8;1-4-7-8(5-2)6-3;1-4(2)3;1-3-4-2;2*1-3-2;3*1-2/h2-4,6-9,11-14H,5,10H2,1H3;5-9H,3,10-11H2,1-2,4H3;3-7H,2H2,1H3;4-5,7H,1-2,6H2,3H3;4H,1-3H3;3-4H,1-2H2;2*3H2,1-2H3;2*1-2H3;1-2H2/b19-2+;8-5-,12-6+,13-9+;;8-7+;;;;;;;. The van der Waals surface area contributed by atoms with E-state index >= 15 is 0 Å². The average molecular weight is 926 g/mol. The van der Waals surface area contributed by atoms with Crippen molar-refractivity contribution in [2.24, 2.45) is 5.92 Å². The van der Waals surface area contributed by atoms with Crippen LogP contribution in [0, 0.1) is 5.92 Å². The number of hydrogen-bond acceptors (Lipinski definition) is 0. The van der Waals surface area contributed by atoms with E-state index in [4.69, 9.17) is 0 Å². The van der Waals surface area contributed by atoms with Crippen LogP contribution in [-0.2, 0) is 6.42 Å². The highest BCUT2D eigenvalue weighted by Gasteiger charge is 2.08. The monoisotopic (exact) mass is 925 g/mol. The van der Waals surface area contributed by atoms with Crippen molar-refractivity contribution in [3.8, 4) is 0 Å². The van der Waals surface area contributed by atoms with Gasteiger partial charge in [0.1, 0.15) is 0 Å². The first-order valence-corrected chi connectivity index (χ1v) is 25.7. The van der Waals surface area contributed by atoms with Crippen molar-refractivity contribution in [3.05, 3.63) is 237 Å². The normalized spacial score (nSPS) is 10.9. The molecule has 0 aliphatic heterocycles. The second-order valence-electron chi connectivity index (χ2n) is 15.0. The Morgan fingerprint density at radius 2 is 1.12 bits per heavy atom. The molecule has 1 aliphatic rings. The molecule has 0 heteroatoms. The molecule has 0 nitrogen and oxygen atoms in total. The van der Waals surface area contributed by atoms with Gasteiger partial charge >= 0.3 is 0 Å². The van der Waals surface area contributed by atoms with Crippen LogP contribution >= 0.6 is 0 Å². The van der Waals surface area contributed by atoms with Crippen molar-refractivity contribution in [1.82, 2.24) is 0 Å². The van der Waals surface area contributed by atoms with Gasteiger partial charge in [-0.3, -0.25) is 0 Å². The van der Waals surface area contributed by atoms with Gasteiger partial charge in [0.05, 0.1) is 0 Å². The molecule has 3 aromatic carbocycles. The zero-order chi connectivity index (χ0) is 53.8. The molecule has 68 heavy (non-hydrogen) atoms. The van der Waals surface area contributed by atoms with Crippen LogP contribution in [0.1, 0.15) is 174 Å². The van der Waals surface area contributed by atoms with Crippen molar-refractivity contribution in [2.75, 3.05) is 0 Å². The highest BCUT2D eigenvalue weighted by molar-refractivity contribution is 5.89. The molecular weight excluding hydrogens is 817 g/mol. The van der Waals surface area contributed by atoms with Crippen molar-refractivity contribution in [2.45, 2.75) is 169 Å². The molecule has 0 radical (unpaired) electrons. The Balaban J connectivity index is -0.000000134. The molecule has 1 aliphatic carbocycles. The molecule has 380 valence electrons. The van der Waals surface area contributed by atoms with E-state index in [-0.39, 0.29) is 0 Å². The fourth-order valence-electron chi connectivity index (χ4n) is 4.88. The van der Waals surface area contributed by atoms with Gasteiger partial charge in [-0.2, -0.15) is 0 Å². The molecule has 0 aromatic heterocycles. The van der Waals surface area contributed by atoms with Crippen LogP contribution < -0.4 is 0 Å². The lowest BCUT2D eigenvalue weighted by Crippen LogP contribution is -1.93. The lowest BCUT2D eigenvalue weighted by Gasteiger charge is -2.14. The number of rotatable bonds is 12. The summed E-state index contributed by atoms with van der Waals surface area (Å²) in [5.41, 5.74) is 9.53. The van der Waals surface area contributed by atoms with E-state index in [2.05, 4.69) is 238 Å². The summed E-state index contributed by atoms with van der Waals surface area (Å²) in [5, 5.41) is 2.62. The van der Waals surface area contributed by atoms with Gasteiger partial charge < -0.3 is 0 Å². The molecule has 0 heterocycles. The van der Waals surface area contributed by atoms with Gasteiger partial charge in [0.25, 0.3) is 0 Å². The Hall–Kier alpha value is -5.46. The number of aryl methyl sites for hydroxylation is 1. The second-order valence-corrected chi connectivity index (χ2v) is 15.0. The summed E-state index contributed by atoms with van der Waals surface area (Å²) in [4.78, 5) is 0. The quantitative estimate of drug-likeness (QED) is 0.125. The van der Waals surface area contributed by atoms with Crippen LogP contribution in [0.4, 0.5) is 0 Å². The molecule has 3 aromatic rings. The summed E-state index contributed by atoms with van der Waals surface area (Å²) in [6.07, 6.45) is 37.2. The summed E-state index contributed by atoms with van der Waals surface area (Å²) in [5.74, 6) is 0.833. The molecule has 0 saturated heterocycles. The van der Waals surface area contributed by atoms with Gasteiger partial charge in [0.2, 0.25) is 0 Å². The predicted octanol–water partition coefficient (Wildman–Crippen LogP) is 23.6. The topological polar surface area (TPSA) is 0 Å². The van der Waals surface area contributed by atoms with E-state index < -0.39 is 0 Å². The maximum Gasteiger partial charge on any atom is -0.0178 e. The molecule has 0 saturated carbocycles. The van der Waals surface area contributed by atoms with Gasteiger partial charge in [0, 0.05) is 0 Å². The Morgan fingerprint density at radius 1 is 0.618 bits per heavy atom. The molecule has 0 bridgehead atoms.